The maximum Gasteiger partial charge on any atom is 0.395 e. The van der Waals surface area contributed by atoms with E-state index in [9.17, 15) is 22.4 Å². The van der Waals surface area contributed by atoms with E-state index in [4.69, 9.17) is 0 Å². The third kappa shape index (κ3) is 5.94. The lowest BCUT2D eigenvalue weighted by Gasteiger charge is -2.45. The highest BCUT2D eigenvalue weighted by atomic mass is 32.2. The number of alkyl halides is 4. The van der Waals surface area contributed by atoms with Gasteiger partial charge in [0.05, 0.1) is 13.1 Å². The van der Waals surface area contributed by atoms with Gasteiger partial charge in [-0.3, -0.25) is 14.9 Å². The number of Topliss-reactive ketones (excluding diaryl/α,β-unsaturated/α-hetero) is 1. The van der Waals surface area contributed by atoms with E-state index in [1.165, 1.54) is 24.0 Å². The minimum Gasteiger partial charge on any atom is -0.350 e. The number of aromatic amines is 1. The van der Waals surface area contributed by atoms with Crippen molar-refractivity contribution in [3.63, 3.8) is 0 Å². The van der Waals surface area contributed by atoms with E-state index >= 15 is 0 Å². The summed E-state index contributed by atoms with van der Waals surface area (Å²) in [6.07, 6.45) is -3.10. The van der Waals surface area contributed by atoms with Crippen LogP contribution in [0.4, 0.5) is 35.0 Å². The fraction of sp³-hybridized carbons (Fsp3) is 0.435. The molecular formula is C23H23F4N7OS. The number of carbonyl (C=O) groups excluding carboxylic acids is 1. The van der Waals surface area contributed by atoms with Gasteiger partial charge < -0.3 is 10.2 Å². The highest BCUT2D eigenvalue weighted by molar-refractivity contribution is 7.99. The van der Waals surface area contributed by atoms with E-state index < -0.39 is 30.5 Å². The first-order chi connectivity index (χ1) is 17.0. The van der Waals surface area contributed by atoms with Crippen LogP contribution in [0.3, 0.4) is 0 Å². The largest absolute Gasteiger partial charge is 0.395 e. The van der Waals surface area contributed by atoms with Gasteiger partial charge in [-0.1, -0.05) is 0 Å². The average Bonchev–Trinajstić information content (AvgIpc) is 3.54. The summed E-state index contributed by atoms with van der Waals surface area (Å²) >= 11 is 1.20. The van der Waals surface area contributed by atoms with Gasteiger partial charge in [0.2, 0.25) is 0 Å². The zero-order chi connectivity index (χ0) is 25.5. The number of H-pyrrole nitrogens is 1. The molecule has 13 heteroatoms. The van der Waals surface area contributed by atoms with Gasteiger partial charge in [-0.25, -0.2) is 14.4 Å². The Balaban J connectivity index is 1.31. The summed E-state index contributed by atoms with van der Waals surface area (Å²) in [5.74, 6) is 0.823. The molecule has 1 saturated heterocycles. The molecule has 1 saturated carbocycles. The topological polar surface area (TPSA) is 99.7 Å². The van der Waals surface area contributed by atoms with E-state index in [1.54, 1.807) is 12.1 Å². The number of aromatic nitrogens is 5. The van der Waals surface area contributed by atoms with Gasteiger partial charge in [0.1, 0.15) is 29.5 Å². The van der Waals surface area contributed by atoms with Crippen molar-refractivity contribution in [2.75, 3.05) is 23.3 Å². The van der Waals surface area contributed by atoms with Crippen LogP contribution < -0.4 is 10.2 Å². The molecule has 1 aliphatic carbocycles. The number of hydrogen-bond donors (Lipinski definition) is 2. The highest BCUT2D eigenvalue weighted by Gasteiger charge is 2.54. The molecule has 0 unspecified atom stereocenters. The number of anilines is 3. The van der Waals surface area contributed by atoms with Crippen molar-refractivity contribution in [3.8, 4) is 0 Å². The fourth-order valence-corrected chi connectivity index (χ4v) is 4.81. The van der Waals surface area contributed by atoms with E-state index in [-0.39, 0.29) is 24.7 Å². The number of pyridine rings is 1. The molecule has 0 spiro atoms. The molecule has 190 valence electrons. The molecule has 2 N–H and O–H groups in total. The first-order valence-corrected chi connectivity index (χ1v) is 12.2. The van der Waals surface area contributed by atoms with Gasteiger partial charge in [-0.2, -0.15) is 18.3 Å². The van der Waals surface area contributed by atoms with E-state index in [1.807, 2.05) is 17.9 Å². The van der Waals surface area contributed by atoms with Crippen molar-refractivity contribution in [2.45, 2.75) is 54.5 Å². The second kappa shape index (κ2) is 9.34. The molecule has 5 rings (SSSR count). The van der Waals surface area contributed by atoms with Crippen molar-refractivity contribution in [1.29, 1.82) is 0 Å². The molecule has 0 bridgehead atoms. The molecule has 1 aliphatic heterocycles. The van der Waals surface area contributed by atoms with E-state index in [0.717, 1.165) is 18.5 Å². The van der Waals surface area contributed by atoms with Crippen molar-refractivity contribution in [2.24, 2.45) is 5.92 Å². The normalized spacial score (nSPS) is 17.1. The summed E-state index contributed by atoms with van der Waals surface area (Å²) in [5.41, 5.74) is -0.0517. The molecule has 0 amide bonds. The Morgan fingerprint density at radius 1 is 1.22 bits per heavy atom. The number of ketones is 1. The van der Waals surface area contributed by atoms with Crippen molar-refractivity contribution in [1.82, 2.24) is 25.1 Å². The van der Waals surface area contributed by atoms with E-state index in [0.29, 0.717) is 27.5 Å². The van der Waals surface area contributed by atoms with Crippen LogP contribution in [0.25, 0.3) is 0 Å². The number of halogens is 4. The maximum absolute atomic E-state index is 14.9. The summed E-state index contributed by atoms with van der Waals surface area (Å²) in [6, 6.07) is 6.72. The summed E-state index contributed by atoms with van der Waals surface area (Å²) in [7, 11) is 0. The number of nitrogens with one attached hydrogen (secondary N) is 2. The number of hydrogen-bond acceptors (Lipinski definition) is 8. The maximum atomic E-state index is 14.9. The summed E-state index contributed by atoms with van der Waals surface area (Å²) in [5, 5.41) is 10.5. The molecular weight excluding hydrogens is 498 g/mol. The molecule has 0 radical (unpaired) electrons. The minimum absolute atomic E-state index is 0.127. The lowest BCUT2D eigenvalue weighted by molar-refractivity contribution is -0.151. The van der Waals surface area contributed by atoms with Gasteiger partial charge >= 0.3 is 6.18 Å². The predicted octanol–water partition coefficient (Wildman–Crippen LogP) is 4.80. The Morgan fingerprint density at radius 2 is 2.00 bits per heavy atom. The predicted molar refractivity (Wildman–Crippen MR) is 125 cm³/mol. The average molecular weight is 522 g/mol. The van der Waals surface area contributed by atoms with Crippen molar-refractivity contribution >= 4 is 35.0 Å². The first-order valence-electron chi connectivity index (χ1n) is 11.4. The van der Waals surface area contributed by atoms with Crippen LogP contribution in [0.1, 0.15) is 30.7 Å². The van der Waals surface area contributed by atoms with Crippen LogP contribution in [-0.4, -0.2) is 55.9 Å². The molecule has 0 aromatic carbocycles. The second-order valence-electron chi connectivity index (χ2n) is 9.21. The number of rotatable bonds is 9. The number of nitrogens with zero attached hydrogens (tertiary/aromatic N) is 5. The van der Waals surface area contributed by atoms with Gasteiger partial charge in [0.15, 0.2) is 11.0 Å². The quantitative estimate of drug-likeness (QED) is 0.306. The van der Waals surface area contributed by atoms with Gasteiger partial charge in [0, 0.05) is 41.0 Å². The second-order valence-corrected chi connectivity index (χ2v) is 10.3. The molecule has 3 aromatic heterocycles. The summed E-state index contributed by atoms with van der Waals surface area (Å²) < 4.78 is 52.1. The number of aryl methyl sites for hydroxylation is 1. The molecule has 8 nitrogen and oxygen atoms in total. The lowest BCUT2D eigenvalue weighted by Crippen LogP contribution is -2.60. The van der Waals surface area contributed by atoms with Crippen LogP contribution in [0.5, 0.6) is 0 Å². The van der Waals surface area contributed by atoms with Crippen LogP contribution in [0.15, 0.2) is 40.5 Å². The zero-order valence-electron chi connectivity index (χ0n) is 19.3. The Hall–Kier alpha value is -3.22. The SMILES string of the molecule is Cc1cc(Nc2cc(N3CC(F)(C4CC4)C3)nc(Sc3ccc(CC(=O)CC(F)(F)F)nc3)n2)n[nH]1. The van der Waals surface area contributed by atoms with Crippen LogP contribution >= 0.6 is 11.8 Å². The minimum atomic E-state index is -4.54. The molecule has 3 aromatic rings. The molecule has 36 heavy (non-hydrogen) atoms. The van der Waals surface area contributed by atoms with Crippen molar-refractivity contribution < 1.29 is 22.4 Å². The Morgan fingerprint density at radius 3 is 2.61 bits per heavy atom. The fourth-order valence-electron chi connectivity index (χ4n) is 4.08. The summed E-state index contributed by atoms with van der Waals surface area (Å²) in [6.45, 7) is 2.43. The highest BCUT2D eigenvalue weighted by Crippen LogP contribution is 2.48. The Kier molecular flexibility index (Phi) is 6.35. The van der Waals surface area contributed by atoms with Gasteiger partial charge in [-0.15, -0.1) is 0 Å². The van der Waals surface area contributed by atoms with E-state index in [2.05, 4.69) is 30.5 Å². The summed E-state index contributed by atoms with van der Waals surface area (Å²) in [4.78, 5) is 27.3. The standard InChI is InChI=1S/C23H23F4N7OS/c1-13-6-19(33-32-13)29-18-8-20(34-11-22(24,12-34)14-2-3-14)31-21(30-18)36-17-5-4-15(28-10-17)7-16(35)9-23(25,26)27/h4-6,8,10,14H,2-3,7,9,11-12H2,1H3,(H2,29,30,31,32,33). The third-order valence-electron chi connectivity index (χ3n) is 5.98. The number of carbonyl (C=O) groups is 1. The van der Waals surface area contributed by atoms with Gasteiger partial charge in [-0.05, 0) is 49.6 Å². The van der Waals surface area contributed by atoms with Gasteiger partial charge in [0.25, 0.3) is 0 Å². The van der Waals surface area contributed by atoms with Crippen LogP contribution in [0.2, 0.25) is 0 Å². The molecule has 2 fully saturated rings. The smallest absolute Gasteiger partial charge is 0.350 e. The molecule has 4 heterocycles. The Bertz CT molecular complexity index is 1250. The molecule has 0 atom stereocenters. The molecule has 2 aliphatic rings. The lowest BCUT2D eigenvalue weighted by atomic mass is 9.91. The van der Waals surface area contributed by atoms with Crippen LogP contribution in [-0.2, 0) is 11.2 Å². The third-order valence-corrected chi connectivity index (χ3v) is 6.82. The first kappa shape index (κ1) is 24.5. The Labute approximate surface area is 208 Å². The van der Waals surface area contributed by atoms with Crippen LogP contribution in [0, 0.1) is 12.8 Å². The zero-order valence-corrected chi connectivity index (χ0v) is 20.1. The monoisotopic (exact) mass is 521 g/mol. The van der Waals surface area contributed by atoms with Crippen molar-refractivity contribution in [3.05, 3.63) is 41.9 Å².